The first-order chi connectivity index (χ1) is 9.79. The van der Waals surface area contributed by atoms with E-state index in [0.717, 1.165) is 31.6 Å². The zero-order valence-electron chi connectivity index (χ0n) is 14.1. The van der Waals surface area contributed by atoms with Crippen LogP contribution < -0.4 is 0 Å². The number of aliphatic imine (C=N–C) groups is 1. The number of rotatable bonds is 5. The predicted octanol–water partition coefficient (Wildman–Crippen LogP) is 0.885. The van der Waals surface area contributed by atoms with Gasteiger partial charge in [0, 0.05) is 30.9 Å². The predicted molar refractivity (Wildman–Crippen MR) is 73.0 cm³/mol. The fourth-order valence-electron chi connectivity index (χ4n) is 2.30. The fraction of sp³-hybridized carbons (Fsp3) is 0.769. The summed E-state index contributed by atoms with van der Waals surface area (Å²) in [7, 11) is 1.93. The van der Waals surface area contributed by atoms with E-state index in [4.69, 9.17) is 4.11 Å². The molecule has 5 heteroatoms. The first-order valence-corrected chi connectivity index (χ1v) is 6.46. The van der Waals surface area contributed by atoms with E-state index < -0.39 is 6.98 Å². The topological polar surface area (TPSA) is 42.3 Å². The molecular formula is C13H24N4O. The summed E-state index contributed by atoms with van der Waals surface area (Å²) in [5.41, 5.74) is 0.680. The van der Waals surface area contributed by atoms with Crippen LogP contribution in [-0.2, 0) is 0 Å². The van der Waals surface area contributed by atoms with Gasteiger partial charge < -0.3 is 19.8 Å². The lowest BCUT2D eigenvalue weighted by atomic mass is 10.1. The SMILES string of the molecule is [2H]C([2H])([2H])N1CN=C2C1=CN(CCCCC(C)O)CN2C. The highest BCUT2D eigenvalue weighted by molar-refractivity contribution is 5.99. The summed E-state index contributed by atoms with van der Waals surface area (Å²) in [5, 5.41) is 9.26. The maximum Gasteiger partial charge on any atom is 0.152 e. The standard InChI is InChI=1S/C13H24N4O/c1-11(18)6-4-5-7-17-8-12-13(16(3)10-17)14-9-15(12)2/h8,11,18H,4-7,9-10H2,1-3H3/i2D3. The Morgan fingerprint density at radius 1 is 1.50 bits per heavy atom. The van der Waals surface area contributed by atoms with E-state index in [2.05, 4.69) is 9.89 Å². The van der Waals surface area contributed by atoms with E-state index in [0.29, 0.717) is 12.4 Å². The smallest absolute Gasteiger partial charge is 0.152 e. The molecule has 0 amide bonds. The maximum absolute atomic E-state index is 9.26. The van der Waals surface area contributed by atoms with Gasteiger partial charge in [0.2, 0.25) is 0 Å². The van der Waals surface area contributed by atoms with Gasteiger partial charge in [0.15, 0.2) is 5.84 Å². The van der Waals surface area contributed by atoms with Crippen molar-refractivity contribution in [2.24, 2.45) is 4.99 Å². The molecule has 0 spiro atoms. The van der Waals surface area contributed by atoms with E-state index >= 15 is 0 Å². The van der Waals surface area contributed by atoms with Crippen molar-refractivity contribution >= 4 is 5.84 Å². The van der Waals surface area contributed by atoms with Crippen LogP contribution >= 0.6 is 0 Å². The van der Waals surface area contributed by atoms with Crippen molar-refractivity contribution in [3.63, 3.8) is 0 Å². The van der Waals surface area contributed by atoms with E-state index in [1.54, 1.807) is 6.92 Å². The number of aliphatic hydroxyl groups is 1. The highest BCUT2D eigenvalue weighted by Gasteiger charge is 2.27. The molecule has 5 nitrogen and oxygen atoms in total. The minimum absolute atomic E-state index is 0.192. The van der Waals surface area contributed by atoms with Crippen molar-refractivity contribution in [1.82, 2.24) is 14.7 Å². The van der Waals surface area contributed by atoms with E-state index in [9.17, 15) is 5.11 Å². The number of hydrogen-bond donors (Lipinski definition) is 1. The molecule has 2 heterocycles. The number of fused-ring (bicyclic) bond motifs is 1. The molecule has 0 aromatic heterocycles. The Morgan fingerprint density at radius 3 is 3.06 bits per heavy atom. The number of hydrogen-bond acceptors (Lipinski definition) is 5. The van der Waals surface area contributed by atoms with Crippen LogP contribution in [0.3, 0.4) is 0 Å². The highest BCUT2D eigenvalue weighted by Crippen LogP contribution is 2.20. The van der Waals surface area contributed by atoms with Crippen molar-refractivity contribution < 1.29 is 9.22 Å². The molecule has 0 aromatic rings. The average Bonchev–Trinajstić information content (AvgIpc) is 2.78. The summed E-state index contributed by atoms with van der Waals surface area (Å²) in [4.78, 5) is 9.78. The molecule has 1 atom stereocenters. The summed E-state index contributed by atoms with van der Waals surface area (Å²) >= 11 is 0. The molecule has 2 rings (SSSR count). The van der Waals surface area contributed by atoms with Crippen LogP contribution in [0.5, 0.6) is 0 Å². The first-order valence-electron chi connectivity index (χ1n) is 7.96. The average molecular weight is 255 g/mol. The van der Waals surface area contributed by atoms with Gasteiger partial charge in [-0.2, -0.15) is 0 Å². The van der Waals surface area contributed by atoms with Crippen molar-refractivity contribution in [1.29, 1.82) is 0 Å². The molecule has 2 aliphatic rings. The molecule has 0 aliphatic carbocycles. The Balaban J connectivity index is 1.99. The van der Waals surface area contributed by atoms with Crippen LogP contribution in [0.25, 0.3) is 0 Å². The van der Waals surface area contributed by atoms with Crippen LogP contribution in [0.4, 0.5) is 0 Å². The molecule has 2 aliphatic heterocycles. The van der Waals surface area contributed by atoms with Gasteiger partial charge in [-0.05, 0) is 26.2 Å². The van der Waals surface area contributed by atoms with Crippen LogP contribution in [0.2, 0.25) is 0 Å². The second-order valence-electron chi connectivity index (χ2n) is 5.06. The van der Waals surface area contributed by atoms with Crippen LogP contribution in [-0.4, -0.2) is 65.7 Å². The van der Waals surface area contributed by atoms with Crippen molar-refractivity contribution in [3.8, 4) is 0 Å². The quantitative estimate of drug-likeness (QED) is 0.741. The lowest BCUT2D eigenvalue weighted by Gasteiger charge is -2.34. The van der Waals surface area contributed by atoms with Gasteiger partial charge in [-0.3, -0.25) is 0 Å². The van der Waals surface area contributed by atoms with Crippen LogP contribution in [0.15, 0.2) is 16.9 Å². The van der Waals surface area contributed by atoms with E-state index in [1.807, 2.05) is 18.1 Å². The number of amidine groups is 1. The lowest BCUT2D eigenvalue weighted by Crippen LogP contribution is -2.43. The van der Waals surface area contributed by atoms with E-state index in [-0.39, 0.29) is 12.8 Å². The third-order valence-electron chi connectivity index (χ3n) is 3.26. The van der Waals surface area contributed by atoms with Crippen molar-refractivity contribution in [2.45, 2.75) is 32.3 Å². The first kappa shape index (κ1) is 9.67. The molecule has 0 fully saturated rings. The molecule has 18 heavy (non-hydrogen) atoms. The Hall–Kier alpha value is -1.23. The van der Waals surface area contributed by atoms with Gasteiger partial charge in [-0.15, -0.1) is 0 Å². The molecule has 0 saturated heterocycles. The molecule has 1 N–H and O–H groups in total. The normalized spacial score (nSPS) is 23.9. The summed E-state index contributed by atoms with van der Waals surface area (Å²) in [5.74, 6) is 0.756. The van der Waals surface area contributed by atoms with Gasteiger partial charge in [0.05, 0.1) is 18.5 Å². The molecule has 0 aromatic carbocycles. The molecule has 102 valence electrons. The minimum Gasteiger partial charge on any atom is -0.393 e. The van der Waals surface area contributed by atoms with Gasteiger partial charge in [0.1, 0.15) is 6.67 Å². The largest absolute Gasteiger partial charge is 0.393 e. The van der Waals surface area contributed by atoms with Gasteiger partial charge in [-0.1, -0.05) is 0 Å². The number of unbranched alkanes of at least 4 members (excludes halogenated alkanes) is 1. The van der Waals surface area contributed by atoms with Crippen molar-refractivity contribution in [2.75, 3.05) is 33.9 Å². The summed E-state index contributed by atoms with van der Waals surface area (Å²) < 4.78 is 22.7. The highest BCUT2D eigenvalue weighted by atomic mass is 16.3. The molecule has 0 radical (unpaired) electrons. The second kappa shape index (κ2) is 5.61. The van der Waals surface area contributed by atoms with Crippen LogP contribution in [0.1, 0.15) is 30.3 Å². The Labute approximate surface area is 114 Å². The Bertz CT molecular complexity index is 434. The lowest BCUT2D eigenvalue weighted by molar-refractivity contribution is 0.177. The molecule has 0 bridgehead atoms. The maximum atomic E-state index is 9.26. The molecule has 1 unspecified atom stereocenters. The fourth-order valence-corrected chi connectivity index (χ4v) is 2.30. The zero-order chi connectivity index (χ0) is 15.6. The third kappa shape index (κ3) is 2.96. The van der Waals surface area contributed by atoms with Crippen LogP contribution in [0, 0.1) is 0 Å². The third-order valence-corrected chi connectivity index (χ3v) is 3.26. The minimum atomic E-state index is -2.16. The Kier molecular flexibility index (Phi) is 3.01. The Morgan fingerprint density at radius 2 is 2.33 bits per heavy atom. The summed E-state index contributed by atoms with van der Waals surface area (Å²) in [6.45, 7) is 1.39. The number of nitrogens with zero attached hydrogens (tertiary/aromatic N) is 4. The second-order valence-corrected chi connectivity index (χ2v) is 5.06. The van der Waals surface area contributed by atoms with Gasteiger partial charge in [0.25, 0.3) is 0 Å². The van der Waals surface area contributed by atoms with Gasteiger partial charge >= 0.3 is 0 Å². The molecule has 0 saturated carbocycles. The summed E-state index contributed by atoms with van der Waals surface area (Å²) in [6.07, 6.45) is 4.38. The summed E-state index contributed by atoms with van der Waals surface area (Å²) in [6, 6.07) is 0. The molecular weight excluding hydrogens is 228 g/mol. The monoisotopic (exact) mass is 255 g/mol. The van der Waals surface area contributed by atoms with E-state index in [1.165, 1.54) is 4.90 Å². The number of likely N-dealkylation sites (N-methyl/N-ethyl adjacent to an activating group) is 2. The zero-order valence-corrected chi connectivity index (χ0v) is 11.1. The number of aliphatic hydroxyl groups excluding tert-OH is 1. The van der Waals surface area contributed by atoms with Crippen molar-refractivity contribution in [3.05, 3.63) is 11.9 Å². The van der Waals surface area contributed by atoms with Gasteiger partial charge in [-0.25, -0.2) is 4.99 Å².